The highest BCUT2D eigenvalue weighted by atomic mass is 32.2. The molecular formula is C25H26N2O4S. The number of carbonyl (C=O) groups excluding carboxylic acids is 1. The van der Waals surface area contributed by atoms with Crippen molar-refractivity contribution in [2.24, 2.45) is 0 Å². The summed E-state index contributed by atoms with van der Waals surface area (Å²) in [7, 11) is -2.44. The van der Waals surface area contributed by atoms with Crippen molar-refractivity contribution in [3.63, 3.8) is 0 Å². The first-order chi connectivity index (χ1) is 15.5. The minimum absolute atomic E-state index is 0.124. The third-order valence-corrected chi connectivity index (χ3v) is 7.45. The number of rotatable bonds is 7. The van der Waals surface area contributed by atoms with Crippen LogP contribution >= 0.6 is 0 Å². The average molecular weight is 451 g/mol. The molecule has 0 heterocycles. The summed E-state index contributed by atoms with van der Waals surface area (Å²) >= 11 is 0. The monoisotopic (exact) mass is 450 g/mol. The van der Waals surface area contributed by atoms with Gasteiger partial charge in [0.25, 0.3) is 10.0 Å². The summed E-state index contributed by atoms with van der Waals surface area (Å²) in [5.41, 5.74) is 2.70. The first-order valence-electron chi connectivity index (χ1n) is 10.6. The van der Waals surface area contributed by atoms with Crippen molar-refractivity contribution in [1.82, 2.24) is 5.32 Å². The Morgan fingerprint density at radius 1 is 1.03 bits per heavy atom. The molecule has 0 fully saturated rings. The molecule has 0 spiro atoms. The van der Waals surface area contributed by atoms with Crippen LogP contribution in [0.4, 0.5) is 5.69 Å². The average Bonchev–Trinajstić information content (AvgIpc) is 2.83. The quantitative estimate of drug-likeness (QED) is 0.588. The number of nitrogens with zero attached hydrogens (tertiary/aromatic N) is 1. The van der Waals surface area contributed by atoms with Gasteiger partial charge in [-0.15, -0.1) is 0 Å². The number of sulfonamides is 1. The molecule has 1 amide bonds. The van der Waals surface area contributed by atoms with Gasteiger partial charge in [-0.2, -0.15) is 0 Å². The van der Waals surface area contributed by atoms with Crippen LogP contribution in [-0.2, 0) is 21.2 Å². The van der Waals surface area contributed by atoms with Crippen LogP contribution in [0.3, 0.4) is 0 Å². The van der Waals surface area contributed by atoms with Crippen LogP contribution in [0.1, 0.15) is 30.0 Å². The lowest BCUT2D eigenvalue weighted by Crippen LogP contribution is -2.42. The van der Waals surface area contributed by atoms with E-state index in [4.69, 9.17) is 4.74 Å². The van der Waals surface area contributed by atoms with Crippen LogP contribution in [0.15, 0.2) is 83.8 Å². The van der Waals surface area contributed by atoms with E-state index in [1.807, 2.05) is 18.2 Å². The van der Waals surface area contributed by atoms with Crippen molar-refractivity contribution in [2.75, 3.05) is 18.0 Å². The zero-order chi connectivity index (χ0) is 22.6. The van der Waals surface area contributed by atoms with Crippen molar-refractivity contribution >= 4 is 21.6 Å². The number of nitrogens with one attached hydrogen (secondary N) is 1. The van der Waals surface area contributed by atoms with E-state index >= 15 is 0 Å². The van der Waals surface area contributed by atoms with Crippen LogP contribution in [0.25, 0.3) is 0 Å². The standard InChI is InChI=1S/C25H26N2O4S/c1-31-21-12-8-11-20(17-21)27(32(29,30)22-13-3-2-4-14-22)18-25(28)26-24-16-7-10-19-9-5-6-15-23(19)24/h2-6,8-9,11-15,17,24H,7,10,16,18H2,1H3,(H,26,28)/t24-/m1/s1. The summed E-state index contributed by atoms with van der Waals surface area (Å²) in [4.78, 5) is 13.2. The number of hydrogen-bond acceptors (Lipinski definition) is 4. The number of methoxy groups -OCH3 is 1. The lowest BCUT2D eigenvalue weighted by molar-refractivity contribution is -0.120. The molecule has 0 radical (unpaired) electrons. The van der Waals surface area contributed by atoms with E-state index in [1.54, 1.807) is 42.5 Å². The van der Waals surface area contributed by atoms with Gasteiger partial charge < -0.3 is 10.1 Å². The SMILES string of the molecule is COc1cccc(N(CC(=O)N[C@@H]2CCCc3ccccc32)S(=O)(=O)c2ccccc2)c1. The molecule has 0 aromatic heterocycles. The largest absolute Gasteiger partial charge is 0.497 e. The van der Waals surface area contributed by atoms with Crippen molar-refractivity contribution < 1.29 is 17.9 Å². The molecule has 0 saturated carbocycles. The zero-order valence-electron chi connectivity index (χ0n) is 17.9. The Kier molecular flexibility index (Phi) is 6.46. The van der Waals surface area contributed by atoms with Gasteiger partial charge in [-0.1, -0.05) is 48.5 Å². The van der Waals surface area contributed by atoms with Crippen LogP contribution in [0, 0.1) is 0 Å². The summed E-state index contributed by atoms with van der Waals surface area (Å²) < 4.78 is 33.3. The van der Waals surface area contributed by atoms with E-state index in [2.05, 4.69) is 11.4 Å². The lowest BCUT2D eigenvalue weighted by Gasteiger charge is -2.29. The maximum atomic E-state index is 13.5. The van der Waals surface area contributed by atoms with Crippen LogP contribution in [0.2, 0.25) is 0 Å². The van der Waals surface area contributed by atoms with E-state index < -0.39 is 10.0 Å². The Morgan fingerprint density at radius 3 is 2.56 bits per heavy atom. The van der Waals surface area contributed by atoms with E-state index in [0.717, 1.165) is 29.1 Å². The van der Waals surface area contributed by atoms with Crippen LogP contribution in [-0.4, -0.2) is 28.0 Å². The maximum absolute atomic E-state index is 13.5. The Hall–Kier alpha value is -3.32. The fourth-order valence-corrected chi connectivity index (χ4v) is 5.51. The highest BCUT2D eigenvalue weighted by molar-refractivity contribution is 7.92. The lowest BCUT2D eigenvalue weighted by atomic mass is 9.88. The summed E-state index contributed by atoms with van der Waals surface area (Å²) in [6, 6.07) is 22.8. The molecule has 1 aliphatic carbocycles. The summed E-state index contributed by atoms with van der Waals surface area (Å²) in [6.45, 7) is -0.330. The first-order valence-corrected chi connectivity index (χ1v) is 12.0. The minimum Gasteiger partial charge on any atom is -0.497 e. The molecule has 1 atom stereocenters. The maximum Gasteiger partial charge on any atom is 0.264 e. The highest BCUT2D eigenvalue weighted by Crippen LogP contribution is 2.30. The van der Waals surface area contributed by atoms with Crippen molar-refractivity contribution in [3.05, 3.63) is 90.0 Å². The number of amides is 1. The van der Waals surface area contributed by atoms with Gasteiger partial charge in [0.1, 0.15) is 12.3 Å². The molecule has 0 bridgehead atoms. The molecular weight excluding hydrogens is 424 g/mol. The molecule has 1 aliphatic rings. The minimum atomic E-state index is -3.96. The summed E-state index contributed by atoms with van der Waals surface area (Å²) in [5, 5.41) is 3.05. The van der Waals surface area contributed by atoms with Crippen molar-refractivity contribution in [2.45, 2.75) is 30.2 Å². The number of benzene rings is 3. The molecule has 7 heteroatoms. The molecule has 0 aliphatic heterocycles. The van der Waals surface area contributed by atoms with Gasteiger partial charge >= 0.3 is 0 Å². The number of carbonyl (C=O) groups is 1. The van der Waals surface area contributed by atoms with Gasteiger partial charge in [-0.3, -0.25) is 9.10 Å². The third-order valence-electron chi connectivity index (χ3n) is 5.66. The molecule has 6 nitrogen and oxygen atoms in total. The topological polar surface area (TPSA) is 75.7 Å². The predicted molar refractivity (Wildman–Crippen MR) is 124 cm³/mol. The number of ether oxygens (including phenoxy) is 1. The highest BCUT2D eigenvalue weighted by Gasteiger charge is 2.29. The molecule has 0 saturated heterocycles. The van der Waals surface area contributed by atoms with Gasteiger partial charge in [0.2, 0.25) is 5.91 Å². The number of hydrogen-bond donors (Lipinski definition) is 1. The van der Waals surface area contributed by atoms with Crippen LogP contribution < -0.4 is 14.4 Å². The first kappa shape index (κ1) is 21.9. The van der Waals surface area contributed by atoms with Gasteiger partial charge in [0.05, 0.1) is 23.7 Å². The van der Waals surface area contributed by atoms with E-state index in [9.17, 15) is 13.2 Å². The van der Waals surface area contributed by atoms with E-state index in [-0.39, 0.29) is 23.4 Å². The number of fused-ring (bicyclic) bond motifs is 1. The van der Waals surface area contributed by atoms with Crippen molar-refractivity contribution in [3.8, 4) is 5.75 Å². The third kappa shape index (κ3) is 4.62. The zero-order valence-corrected chi connectivity index (χ0v) is 18.7. The fourth-order valence-electron chi connectivity index (χ4n) is 4.07. The smallest absolute Gasteiger partial charge is 0.264 e. The Bertz CT molecular complexity index is 1200. The van der Waals surface area contributed by atoms with Gasteiger partial charge in [-0.25, -0.2) is 8.42 Å². The molecule has 4 rings (SSSR count). The van der Waals surface area contributed by atoms with E-state index in [0.29, 0.717) is 11.4 Å². The Balaban J connectivity index is 1.63. The van der Waals surface area contributed by atoms with Crippen LogP contribution in [0.5, 0.6) is 5.75 Å². The predicted octanol–water partition coefficient (Wildman–Crippen LogP) is 4.08. The molecule has 166 valence electrons. The summed E-state index contributed by atoms with van der Waals surface area (Å²) in [5.74, 6) is 0.159. The van der Waals surface area contributed by atoms with Crippen molar-refractivity contribution in [1.29, 1.82) is 0 Å². The normalized spacial score (nSPS) is 15.5. The van der Waals surface area contributed by atoms with Gasteiger partial charge in [-0.05, 0) is 54.7 Å². The molecule has 32 heavy (non-hydrogen) atoms. The second-order valence-corrected chi connectivity index (χ2v) is 9.60. The second kappa shape index (κ2) is 9.44. The molecule has 1 N–H and O–H groups in total. The Labute approximate surface area is 188 Å². The molecule has 3 aromatic carbocycles. The fraction of sp³-hybridized carbons (Fsp3) is 0.240. The Morgan fingerprint density at radius 2 is 1.78 bits per heavy atom. The van der Waals surface area contributed by atoms with E-state index in [1.165, 1.54) is 24.8 Å². The molecule has 3 aromatic rings. The van der Waals surface area contributed by atoms with Gasteiger partial charge in [0.15, 0.2) is 0 Å². The second-order valence-electron chi connectivity index (χ2n) is 7.74. The van der Waals surface area contributed by atoms with Gasteiger partial charge in [0, 0.05) is 6.07 Å². The number of anilines is 1. The number of aryl methyl sites for hydroxylation is 1. The molecule has 0 unspecified atom stereocenters. The summed E-state index contributed by atoms with van der Waals surface area (Å²) in [6.07, 6.45) is 2.79.